The molecule has 3 aliphatic rings. The normalized spacial score (nSPS) is 15.8. The number of anilines is 10. The van der Waals surface area contributed by atoms with E-state index in [9.17, 15) is 60.5 Å². The van der Waals surface area contributed by atoms with Crippen molar-refractivity contribution in [1.29, 1.82) is 0 Å². The van der Waals surface area contributed by atoms with Gasteiger partial charge in [0, 0.05) is 53.9 Å². The number of carbonyl (C=O) groups is 5. The highest BCUT2D eigenvalue weighted by atomic mass is 19.3. The van der Waals surface area contributed by atoms with Crippen molar-refractivity contribution in [1.82, 2.24) is 15.0 Å². The first-order valence-electron chi connectivity index (χ1n) is 24.9. The van der Waals surface area contributed by atoms with Gasteiger partial charge in [0.05, 0.1) is 23.7 Å². The number of alkyl halides is 4. The summed E-state index contributed by atoms with van der Waals surface area (Å²) >= 11 is 0. The fourth-order valence-electron chi connectivity index (χ4n) is 7.79. The Hall–Kier alpha value is -10.1. The number of rotatable bonds is 17. The molecule has 10 rings (SSSR count). The van der Waals surface area contributed by atoms with Crippen molar-refractivity contribution >= 4 is 87.0 Å². The van der Waals surface area contributed by atoms with E-state index in [1.807, 2.05) is 22.8 Å². The predicted octanol–water partition coefficient (Wildman–Crippen LogP) is 8.22. The molecule has 1 aliphatic carbocycles. The number of nitrogens with one attached hydrogen (secondary N) is 7. The molecule has 0 bridgehead atoms. The summed E-state index contributed by atoms with van der Waals surface area (Å²) in [4.78, 5) is 71.2. The molecule has 82 heavy (non-hydrogen) atoms. The lowest BCUT2D eigenvalue weighted by Gasteiger charge is -2.30. The molecule has 0 saturated carbocycles. The number of benzene rings is 5. The summed E-state index contributed by atoms with van der Waals surface area (Å²) < 4.78 is 102. The van der Waals surface area contributed by atoms with Crippen molar-refractivity contribution in [2.45, 2.75) is 57.9 Å². The molecule has 0 saturated heterocycles. The number of ketones is 2. The Labute approximate surface area is 461 Å². The molecule has 2 atom stereocenters. The van der Waals surface area contributed by atoms with Gasteiger partial charge in [-0.1, -0.05) is 50.2 Å². The van der Waals surface area contributed by atoms with Crippen LogP contribution in [0.2, 0.25) is 0 Å². The van der Waals surface area contributed by atoms with E-state index in [0.29, 0.717) is 48.6 Å². The number of carboxylic acid groups (broad SMARTS) is 1. The fraction of sp³-hybridized carbons (Fsp3) is 0.218. The average molecular weight is 1140 g/mol. The van der Waals surface area contributed by atoms with E-state index < -0.39 is 53.7 Å². The quantitative estimate of drug-likeness (QED) is 0.0423. The number of carbonyl (C=O) groups excluding carboxylic acids is 5. The van der Waals surface area contributed by atoms with Crippen molar-refractivity contribution in [3.05, 3.63) is 144 Å². The summed E-state index contributed by atoms with van der Waals surface area (Å²) in [6, 6.07) is 28.6. The van der Waals surface area contributed by atoms with Crippen LogP contribution in [0.3, 0.4) is 0 Å². The van der Waals surface area contributed by atoms with Gasteiger partial charge in [-0.2, -0.15) is 26.9 Å². The van der Waals surface area contributed by atoms with Gasteiger partial charge in [-0.25, -0.2) is 19.7 Å². The number of nitrogens with zero attached hydrogens (tertiary/aromatic N) is 3. The van der Waals surface area contributed by atoms with E-state index in [2.05, 4.69) is 50.7 Å². The second-order valence-corrected chi connectivity index (χ2v) is 17.9. The summed E-state index contributed by atoms with van der Waals surface area (Å²) in [5.74, 6) is -6.38. The predicted molar refractivity (Wildman–Crippen MR) is 280 cm³/mol. The van der Waals surface area contributed by atoms with Gasteiger partial charge >= 0.3 is 30.0 Å². The molecular weight excluding hydrogens is 1090 g/mol. The van der Waals surface area contributed by atoms with E-state index >= 15 is 0 Å². The third-order valence-electron chi connectivity index (χ3n) is 12.1. The van der Waals surface area contributed by atoms with Crippen molar-refractivity contribution in [3.63, 3.8) is 0 Å². The lowest BCUT2D eigenvalue weighted by atomic mass is 9.81. The third-order valence-corrected chi connectivity index (χ3v) is 12.1. The van der Waals surface area contributed by atoms with Gasteiger partial charge in [0.15, 0.2) is 34.7 Å². The number of fused-ring (bicyclic) bond motifs is 3. The first-order valence-corrected chi connectivity index (χ1v) is 24.9. The van der Waals surface area contributed by atoms with Gasteiger partial charge < -0.3 is 60.5 Å². The van der Waals surface area contributed by atoms with E-state index in [4.69, 9.17) is 9.47 Å². The topological polar surface area (TPSA) is 291 Å². The van der Waals surface area contributed by atoms with Crippen molar-refractivity contribution < 1.29 is 84.5 Å². The molecule has 27 heteroatoms. The number of hydrogen-bond acceptors (Lipinski definition) is 18. The van der Waals surface area contributed by atoms with Crippen LogP contribution >= 0.6 is 0 Å². The zero-order chi connectivity index (χ0) is 58.7. The lowest BCUT2D eigenvalue weighted by Crippen LogP contribution is -2.43. The van der Waals surface area contributed by atoms with Gasteiger partial charge in [-0.15, -0.1) is 0 Å². The number of aromatic nitrogens is 4. The van der Waals surface area contributed by atoms with Gasteiger partial charge in [0.1, 0.15) is 36.6 Å². The number of Topliss-reactive ketones (excluding diaryl/α,β-unsaturated/α-hetero) is 2. The summed E-state index contributed by atoms with van der Waals surface area (Å²) in [5.41, 5.74) is 3.39. The van der Waals surface area contributed by atoms with Crippen LogP contribution in [0.5, 0.6) is 23.0 Å². The monoisotopic (exact) mass is 1140 g/mol. The number of hydrogen-bond donors (Lipinski definition) is 7. The number of ether oxygens (including phenoxy) is 4. The Morgan fingerprint density at radius 2 is 1.22 bits per heavy atom. The molecule has 2 aliphatic heterocycles. The van der Waals surface area contributed by atoms with Crippen LogP contribution in [0.25, 0.3) is 0 Å². The highest BCUT2D eigenvalue weighted by Crippen LogP contribution is 2.40. The molecule has 4 heterocycles. The molecule has 0 fully saturated rings. The van der Waals surface area contributed by atoms with E-state index in [1.165, 1.54) is 36.4 Å². The fourth-order valence-corrected chi connectivity index (χ4v) is 7.79. The SMILES string of the molecule is CCC(=O)COc1cccc(Nc2nc(Nc3ccc4c(c3)NC(=O)C(F)(F)O4)c(F)c[nH+]2)c1.CCC(=O)COc1cccc(Nc2ncc(F)c(Nc3ccc4c(c3)NC(=O)C(F)(F)O4)n2)c1.O=C([O-])C1CCc2ccccc2C1O. The lowest BCUT2D eigenvalue weighted by molar-refractivity contribution is -0.367. The molecule has 21 nitrogen and oxygen atoms in total. The van der Waals surface area contributed by atoms with E-state index in [1.54, 1.807) is 74.5 Å². The molecule has 0 radical (unpaired) electrons. The Bertz CT molecular complexity index is 3350. The summed E-state index contributed by atoms with van der Waals surface area (Å²) in [6.07, 6.45) is -4.94. The smallest absolute Gasteiger partial charge is 0.482 e. The number of aliphatic hydroxyl groups excluding tert-OH is 1. The highest BCUT2D eigenvalue weighted by Gasteiger charge is 2.47. The van der Waals surface area contributed by atoms with Gasteiger partial charge in [-0.3, -0.25) is 19.2 Å². The Morgan fingerprint density at radius 1 is 0.695 bits per heavy atom. The minimum absolute atomic E-state index is 0.000504. The van der Waals surface area contributed by atoms with Crippen molar-refractivity contribution in [2.24, 2.45) is 5.92 Å². The Balaban J connectivity index is 0.000000174. The summed E-state index contributed by atoms with van der Waals surface area (Å²) in [5, 5.41) is 35.9. The van der Waals surface area contributed by atoms with Crippen LogP contribution < -0.4 is 60.9 Å². The molecule has 8 N–H and O–H groups in total. The van der Waals surface area contributed by atoms with Crippen LogP contribution in [0.4, 0.5) is 84.0 Å². The number of aromatic amines is 1. The molecule has 0 spiro atoms. The number of carboxylic acids is 1. The van der Waals surface area contributed by atoms with Crippen molar-refractivity contribution in [3.8, 4) is 23.0 Å². The zero-order valence-electron chi connectivity index (χ0n) is 43.1. The summed E-state index contributed by atoms with van der Waals surface area (Å²) in [7, 11) is 0. The second-order valence-electron chi connectivity index (χ2n) is 17.9. The van der Waals surface area contributed by atoms with Gasteiger partial charge in [0.2, 0.25) is 17.6 Å². The average Bonchev–Trinajstić information content (AvgIpc) is 3.59. The van der Waals surface area contributed by atoms with E-state index in [0.717, 1.165) is 23.5 Å². The first-order chi connectivity index (χ1) is 39.2. The van der Waals surface area contributed by atoms with Crippen LogP contribution in [0, 0.1) is 17.6 Å². The van der Waals surface area contributed by atoms with Crippen LogP contribution in [0.15, 0.2) is 122 Å². The number of halogens is 6. The summed E-state index contributed by atoms with van der Waals surface area (Å²) in [6.45, 7) is 3.40. The maximum atomic E-state index is 14.3. The molecule has 7 aromatic rings. The number of amides is 2. The molecular formula is C55H48F6N10O11. The third kappa shape index (κ3) is 14.8. The second kappa shape index (κ2) is 25.4. The molecule has 5 aromatic carbocycles. The molecule has 426 valence electrons. The molecule has 2 amide bonds. The number of aryl methyl sites for hydroxylation is 1. The van der Waals surface area contributed by atoms with Crippen LogP contribution in [-0.4, -0.2) is 74.8 Å². The van der Waals surface area contributed by atoms with Crippen molar-refractivity contribution in [2.75, 3.05) is 45.1 Å². The maximum Gasteiger partial charge on any atom is 0.482 e. The number of H-pyrrole nitrogens is 1. The molecule has 2 aromatic heterocycles. The van der Waals surface area contributed by atoms with Gasteiger partial charge in [-0.05, 0) is 89.6 Å². The number of aliphatic hydroxyl groups is 1. The maximum absolute atomic E-state index is 14.3. The standard InChI is InChI=1S/2C22H18F3N5O4.C11H12O3/c2*1-2-14(31)11-33-15-5-3-4-12(8-15)28-21-26-10-16(23)19(30-21)27-13-6-7-18-17(9-13)29-20(32)22(24,25)34-18;12-10-8-4-2-1-3-7(8)5-6-9(10)11(13)14/h2*3-10H,2,11H2,1H3,(H,29,32)(H2,26,27,28,30);1-4,9-10,12H,5-6H2,(H,13,14). The largest absolute Gasteiger partial charge is 0.550 e. The van der Waals surface area contributed by atoms with Crippen LogP contribution in [-0.2, 0) is 30.4 Å². The first kappa shape index (κ1) is 58.1. The Kier molecular flexibility index (Phi) is 18.0. The van der Waals surface area contributed by atoms with Crippen LogP contribution in [0.1, 0.15) is 50.3 Å². The zero-order valence-corrected chi connectivity index (χ0v) is 43.1. The molecule has 2 unspecified atom stereocenters. The van der Waals surface area contributed by atoms with Gasteiger partial charge in [0.25, 0.3) is 0 Å². The minimum atomic E-state index is -3.98. The van der Waals surface area contributed by atoms with E-state index in [-0.39, 0.29) is 82.6 Å². The number of aliphatic carboxylic acids is 1. The highest BCUT2D eigenvalue weighted by molar-refractivity contribution is 6.00. The minimum Gasteiger partial charge on any atom is -0.550 e. The Morgan fingerprint density at radius 3 is 1.77 bits per heavy atom.